The van der Waals surface area contributed by atoms with Crippen molar-refractivity contribution in [3.63, 3.8) is 0 Å². The van der Waals surface area contributed by atoms with Gasteiger partial charge in [-0.3, -0.25) is 4.79 Å². The molecule has 4 rings (SSSR count). The second kappa shape index (κ2) is 8.41. The average molecular weight is 409 g/mol. The molecular weight excluding hydrogens is 389 g/mol. The molecule has 0 bridgehead atoms. The maximum absolute atomic E-state index is 14.8. The van der Waals surface area contributed by atoms with Crippen molar-refractivity contribution >= 4 is 12.0 Å². The Bertz CT molecular complexity index is 1010. The first-order chi connectivity index (χ1) is 14.6. The van der Waals surface area contributed by atoms with E-state index in [4.69, 9.17) is 14.7 Å². The molecule has 0 radical (unpaired) electrons. The largest absolute Gasteiger partial charge is 0.493 e. The maximum Gasteiger partial charge on any atom is 0.408 e. The molecule has 1 fully saturated rings. The van der Waals surface area contributed by atoms with E-state index >= 15 is 0 Å². The quantitative estimate of drug-likeness (QED) is 0.767. The number of ether oxygens (including phenoxy) is 2. The molecule has 2 aromatic rings. The van der Waals surface area contributed by atoms with Crippen LogP contribution in [0.2, 0.25) is 0 Å². The monoisotopic (exact) mass is 409 g/mol. The number of nitrogens with zero attached hydrogens (tertiary/aromatic N) is 2. The highest BCUT2D eigenvalue weighted by molar-refractivity contribution is 5.89. The Kier molecular flexibility index (Phi) is 5.53. The molecule has 0 aliphatic carbocycles. The normalized spacial score (nSPS) is 19.7. The molecule has 1 saturated heterocycles. The number of nitriles is 1. The van der Waals surface area contributed by atoms with Crippen molar-refractivity contribution in [2.75, 3.05) is 19.7 Å². The molecule has 8 heteroatoms. The van der Waals surface area contributed by atoms with Gasteiger partial charge in [0.25, 0.3) is 0 Å². The number of halogens is 1. The molecule has 0 aromatic heterocycles. The lowest BCUT2D eigenvalue weighted by Crippen LogP contribution is -2.44. The molecule has 7 nitrogen and oxygen atoms in total. The van der Waals surface area contributed by atoms with Gasteiger partial charge in [-0.15, -0.1) is 0 Å². The third kappa shape index (κ3) is 3.92. The fraction of sp³-hybridized carbons (Fsp3) is 0.318. The summed E-state index contributed by atoms with van der Waals surface area (Å²) < 4.78 is 25.4. The van der Waals surface area contributed by atoms with E-state index in [0.717, 1.165) is 11.1 Å². The van der Waals surface area contributed by atoms with Crippen molar-refractivity contribution in [3.8, 4) is 11.8 Å². The maximum atomic E-state index is 14.8. The summed E-state index contributed by atoms with van der Waals surface area (Å²) in [5.74, 6) is -1.08. The third-order valence-electron chi connectivity index (χ3n) is 5.35. The first-order valence-electron chi connectivity index (χ1n) is 9.65. The lowest BCUT2D eigenvalue weighted by molar-refractivity contribution is -0.128. The molecule has 2 heterocycles. The van der Waals surface area contributed by atoms with Crippen LogP contribution in [0.3, 0.4) is 0 Å². The molecule has 2 amide bonds. The molecule has 0 unspecified atom stereocenters. The number of likely N-dealkylation sites (tertiary alicyclic amines) is 1. The van der Waals surface area contributed by atoms with Gasteiger partial charge in [-0.2, -0.15) is 5.26 Å². The van der Waals surface area contributed by atoms with E-state index in [1.165, 1.54) is 11.0 Å². The van der Waals surface area contributed by atoms with E-state index in [2.05, 4.69) is 5.32 Å². The number of hydrogen-bond donors (Lipinski definition) is 1. The molecule has 2 aliphatic rings. The highest BCUT2D eigenvalue weighted by Gasteiger charge is 2.43. The summed E-state index contributed by atoms with van der Waals surface area (Å²) in [4.78, 5) is 26.5. The number of carbonyl (C=O) groups is 2. The smallest absolute Gasteiger partial charge is 0.408 e. The zero-order valence-electron chi connectivity index (χ0n) is 16.1. The molecule has 2 aromatic carbocycles. The van der Waals surface area contributed by atoms with E-state index in [0.29, 0.717) is 24.3 Å². The fourth-order valence-corrected chi connectivity index (χ4v) is 3.87. The second-order valence-electron chi connectivity index (χ2n) is 7.25. The Morgan fingerprint density at radius 2 is 2.13 bits per heavy atom. The summed E-state index contributed by atoms with van der Waals surface area (Å²) in [5.41, 5.74) is 1.99. The molecule has 1 N–H and O–H groups in total. The van der Waals surface area contributed by atoms with Gasteiger partial charge < -0.3 is 19.7 Å². The minimum Gasteiger partial charge on any atom is -0.493 e. The number of fused-ring (bicyclic) bond motifs is 1. The highest BCUT2D eigenvalue weighted by atomic mass is 19.1. The van der Waals surface area contributed by atoms with Crippen LogP contribution in [0.15, 0.2) is 42.5 Å². The number of amides is 2. The number of alkyl carbamates (subject to hydrolysis) is 1. The van der Waals surface area contributed by atoms with Gasteiger partial charge in [-0.25, -0.2) is 9.18 Å². The number of hydrogen-bond acceptors (Lipinski definition) is 5. The van der Waals surface area contributed by atoms with Crippen molar-refractivity contribution in [2.45, 2.75) is 25.0 Å². The van der Waals surface area contributed by atoms with Crippen LogP contribution in [0.25, 0.3) is 0 Å². The van der Waals surface area contributed by atoms with Crippen LogP contribution in [0.4, 0.5) is 9.18 Å². The van der Waals surface area contributed by atoms with Crippen LogP contribution in [0.1, 0.15) is 22.6 Å². The van der Waals surface area contributed by atoms with Crippen molar-refractivity contribution in [1.29, 1.82) is 5.26 Å². The summed E-state index contributed by atoms with van der Waals surface area (Å²) in [7, 11) is 0. The lowest BCUT2D eigenvalue weighted by Gasteiger charge is -2.19. The van der Waals surface area contributed by atoms with Gasteiger partial charge in [0.2, 0.25) is 5.91 Å². The molecule has 2 aliphatic heterocycles. The van der Waals surface area contributed by atoms with Crippen LogP contribution in [0, 0.1) is 17.1 Å². The van der Waals surface area contributed by atoms with Gasteiger partial charge in [-0.05, 0) is 22.8 Å². The van der Waals surface area contributed by atoms with Gasteiger partial charge in [0, 0.05) is 24.9 Å². The van der Waals surface area contributed by atoms with Crippen molar-refractivity contribution in [1.82, 2.24) is 10.2 Å². The van der Waals surface area contributed by atoms with Gasteiger partial charge >= 0.3 is 6.09 Å². The second-order valence-corrected chi connectivity index (χ2v) is 7.25. The van der Waals surface area contributed by atoms with Crippen molar-refractivity contribution in [3.05, 3.63) is 65.0 Å². The van der Waals surface area contributed by atoms with E-state index in [1.54, 1.807) is 6.07 Å². The molecular formula is C22H20FN3O4. The minimum atomic E-state index is -1.02. The van der Waals surface area contributed by atoms with Crippen molar-refractivity contribution in [2.24, 2.45) is 0 Å². The Balaban J connectivity index is 1.53. The molecule has 30 heavy (non-hydrogen) atoms. The number of benzene rings is 2. The predicted molar refractivity (Wildman–Crippen MR) is 104 cm³/mol. The minimum absolute atomic E-state index is 0.0463. The molecule has 2 atom stereocenters. The molecule has 154 valence electrons. The Morgan fingerprint density at radius 3 is 2.90 bits per heavy atom. The zero-order chi connectivity index (χ0) is 21.1. The first kappa shape index (κ1) is 19.7. The van der Waals surface area contributed by atoms with E-state index < -0.39 is 29.8 Å². The summed E-state index contributed by atoms with van der Waals surface area (Å²) in [6.07, 6.45) is -0.117. The average Bonchev–Trinajstić information content (AvgIpc) is 3.32. The first-order valence-corrected chi connectivity index (χ1v) is 9.65. The summed E-state index contributed by atoms with van der Waals surface area (Å²) in [6.45, 7) is 0.523. The van der Waals surface area contributed by atoms with Crippen LogP contribution in [0.5, 0.6) is 5.75 Å². The summed E-state index contributed by atoms with van der Waals surface area (Å²) >= 11 is 0. The van der Waals surface area contributed by atoms with Gasteiger partial charge in [0.15, 0.2) is 0 Å². The van der Waals surface area contributed by atoms with E-state index in [9.17, 15) is 14.0 Å². The third-order valence-corrected chi connectivity index (χ3v) is 5.35. The SMILES string of the molecule is N#CCN1C[C@@H](c2cc3c(cc2F)OCC3)[C@H](NC(=O)OCc2ccccc2)C1=O. The lowest BCUT2D eigenvalue weighted by atomic mass is 9.91. The topological polar surface area (TPSA) is 91.7 Å². The molecule has 0 spiro atoms. The number of rotatable bonds is 5. The summed E-state index contributed by atoms with van der Waals surface area (Å²) in [5, 5.41) is 11.6. The van der Waals surface area contributed by atoms with Crippen molar-refractivity contribution < 1.29 is 23.5 Å². The van der Waals surface area contributed by atoms with Gasteiger partial charge in [0.1, 0.15) is 30.8 Å². The predicted octanol–water partition coefficient (Wildman–Crippen LogP) is 2.50. The highest BCUT2D eigenvalue weighted by Crippen LogP contribution is 2.36. The van der Waals surface area contributed by atoms with Gasteiger partial charge in [0.05, 0.1) is 12.7 Å². The Morgan fingerprint density at radius 1 is 1.33 bits per heavy atom. The van der Waals surface area contributed by atoms with Crippen LogP contribution in [-0.2, 0) is 22.6 Å². The standard InChI is InChI=1S/C22H20FN3O4/c23-18-11-19-15(6-9-29-19)10-16(18)17-12-26(8-7-24)21(27)20(17)25-22(28)30-13-14-4-2-1-3-5-14/h1-5,10-11,17,20H,6,8-9,12-13H2,(H,25,28)/t17-,20-/m0/s1. The zero-order valence-corrected chi connectivity index (χ0v) is 16.1. The Labute approximate surface area is 173 Å². The van der Waals surface area contributed by atoms with Gasteiger partial charge in [-0.1, -0.05) is 30.3 Å². The fourth-order valence-electron chi connectivity index (χ4n) is 3.87. The Hall–Kier alpha value is -3.60. The van der Waals surface area contributed by atoms with E-state index in [-0.39, 0.29) is 19.7 Å². The molecule has 0 saturated carbocycles. The number of carbonyl (C=O) groups excluding carboxylic acids is 2. The van der Waals surface area contributed by atoms with E-state index in [1.807, 2.05) is 36.4 Å². The van der Waals surface area contributed by atoms with Crippen LogP contribution >= 0.6 is 0 Å². The van der Waals surface area contributed by atoms with Crippen LogP contribution in [-0.4, -0.2) is 42.6 Å². The summed E-state index contributed by atoms with van der Waals surface area (Å²) in [6, 6.07) is 13.1. The van der Waals surface area contributed by atoms with Crippen LogP contribution < -0.4 is 10.1 Å². The number of nitrogens with one attached hydrogen (secondary N) is 1.